The van der Waals surface area contributed by atoms with Crippen molar-refractivity contribution in [3.05, 3.63) is 0 Å². The Hall–Kier alpha value is -0.570. The molecule has 0 spiro atoms. The molecule has 0 rings (SSSR count). The normalized spacial score (nSPS) is 11.4. The number of quaternary nitrogens is 1. The zero-order valence-electron chi connectivity index (χ0n) is 9.30. The smallest absolute Gasteiger partial charge is 0.311 e. The molecule has 3 nitrogen and oxygen atoms in total. The van der Waals surface area contributed by atoms with Gasteiger partial charge in [0.15, 0.2) is 0 Å². The Morgan fingerprint density at radius 3 is 1.92 bits per heavy atom. The van der Waals surface area contributed by atoms with Crippen molar-refractivity contribution >= 4 is 5.97 Å². The number of nitrogens with zero attached hydrogens (tertiary/aromatic N) is 1. The lowest BCUT2D eigenvalue weighted by molar-refractivity contribution is -0.922. The van der Waals surface area contributed by atoms with E-state index in [1.165, 1.54) is 7.11 Å². The van der Waals surface area contributed by atoms with Crippen LogP contribution in [-0.2, 0) is 9.53 Å². The van der Waals surface area contributed by atoms with Crippen molar-refractivity contribution in [2.24, 2.45) is 0 Å². The minimum atomic E-state index is -0.0992. The van der Waals surface area contributed by atoms with Crippen LogP contribution in [0.25, 0.3) is 0 Å². The zero-order chi connectivity index (χ0) is 10.3. The maximum absolute atomic E-state index is 11.0. The highest BCUT2D eigenvalue weighted by Crippen LogP contribution is 2.07. The predicted molar refractivity (Wildman–Crippen MR) is 53.4 cm³/mol. The molecule has 0 N–H and O–H groups in total. The number of esters is 1. The minimum absolute atomic E-state index is 0.0992. The van der Waals surface area contributed by atoms with E-state index < -0.39 is 0 Å². The van der Waals surface area contributed by atoms with Gasteiger partial charge in [0.05, 0.1) is 39.7 Å². The molecule has 0 saturated carbocycles. The van der Waals surface area contributed by atoms with Gasteiger partial charge in [0.25, 0.3) is 0 Å². The highest BCUT2D eigenvalue weighted by atomic mass is 16.5. The van der Waals surface area contributed by atoms with E-state index in [-0.39, 0.29) is 5.97 Å². The number of hydrogen-bond acceptors (Lipinski definition) is 2. The summed E-state index contributed by atoms with van der Waals surface area (Å²) in [6.45, 7) is 10.7. The lowest BCUT2D eigenvalue weighted by Crippen LogP contribution is -2.48. The van der Waals surface area contributed by atoms with Crippen LogP contribution in [0.3, 0.4) is 0 Å². The lowest BCUT2D eigenvalue weighted by Gasteiger charge is -2.35. The van der Waals surface area contributed by atoms with Crippen molar-refractivity contribution in [1.82, 2.24) is 0 Å². The zero-order valence-corrected chi connectivity index (χ0v) is 9.30. The van der Waals surface area contributed by atoms with Crippen molar-refractivity contribution in [2.75, 3.05) is 33.3 Å². The molecule has 0 saturated heterocycles. The van der Waals surface area contributed by atoms with E-state index in [1.54, 1.807) is 0 Å². The van der Waals surface area contributed by atoms with Gasteiger partial charge in [-0.1, -0.05) is 0 Å². The fraction of sp³-hybridized carbons (Fsp3) is 0.900. The van der Waals surface area contributed by atoms with E-state index in [2.05, 4.69) is 25.5 Å². The van der Waals surface area contributed by atoms with E-state index in [1.807, 2.05) is 0 Å². The van der Waals surface area contributed by atoms with E-state index in [0.717, 1.165) is 30.7 Å². The molecule has 78 valence electrons. The highest BCUT2D eigenvalue weighted by molar-refractivity contribution is 5.69. The van der Waals surface area contributed by atoms with Crippen molar-refractivity contribution < 1.29 is 14.0 Å². The second kappa shape index (κ2) is 5.97. The van der Waals surface area contributed by atoms with E-state index in [4.69, 9.17) is 0 Å². The molecular formula is C10H22NO2+. The first-order chi connectivity index (χ1) is 6.14. The number of hydrogen-bond donors (Lipinski definition) is 0. The van der Waals surface area contributed by atoms with Crippen LogP contribution in [0.15, 0.2) is 0 Å². The van der Waals surface area contributed by atoms with Crippen molar-refractivity contribution in [3.63, 3.8) is 0 Å². The molecule has 0 unspecified atom stereocenters. The predicted octanol–water partition coefficient (Wildman–Crippen LogP) is 1.43. The number of rotatable bonds is 6. The van der Waals surface area contributed by atoms with Gasteiger partial charge in [0.2, 0.25) is 0 Å². The van der Waals surface area contributed by atoms with E-state index in [9.17, 15) is 4.79 Å². The molecular weight excluding hydrogens is 166 g/mol. The molecule has 0 fully saturated rings. The molecule has 0 aromatic rings. The first kappa shape index (κ1) is 12.4. The highest BCUT2D eigenvalue weighted by Gasteiger charge is 2.21. The second-order valence-corrected chi connectivity index (χ2v) is 3.34. The monoisotopic (exact) mass is 188 g/mol. The van der Waals surface area contributed by atoms with Gasteiger partial charge in [-0.25, -0.2) is 0 Å². The molecule has 0 aromatic carbocycles. The molecule has 0 aromatic heterocycles. The number of methoxy groups -OCH3 is 1. The van der Waals surface area contributed by atoms with Crippen LogP contribution in [0.2, 0.25) is 0 Å². The van der Waals surface area contributed by atoms with Crippen LogP contribution in [0.5, 0.6) is 0 Å². The van der Waals surface area contributed by atoms with Gasteiger partial charge in [-0.2, -0.15) is 0 Å². The summed E-state index contributed by atoms with van der Waals surface area (Å²) in [5, 5.41) is 0. The number of carbonyl (C=O) groups is 1. The molecule has 0 aliphatic heterocycles. The first-order valence-electron chi connectivity index (χ1n) is 5.06. The van der Waals surface area contributed by atoms with Crippen LogP contribution in [-0.4, -0.2) is 43.7 Å². The van der Waals surface area contributed by atoms with Crippen LogP contribution in [0.1, 0.15) is 27.2 Å². The summed E-state index contributed by atoms with van der Waals surface area (Å²) >= 11 is 0. The van der Waals surface area contributed by atoms with Gasteiger partial charge in [-0.05, 0) is 20.8 Å². The Morgan fingerprint density at radius 2 is 1.62 bits per heavy atom. The third kappa shape index (κ3) is 3.77. The third-order valence-electron chi connectivity index (χ3n) is 3.03. The molecule has 0 bridgehead atoms. The maximum Gasteiger partial charge on any atom is 0.311 e. The van der Waals surface area contributed by atoms with Crippen LogP contribution in [0.4, 0.5) is 0 Å². The average molecular weight is 188 g/mol. The Morgan fingerprint density at radius 1 is 1.15 bits per heavy atom. The summed E-state index contributed by atoms with van der Waals surface area (Å²) in [5.74, 6) is -0.0992. The molecule has 0 amide bonds. The Kier molecular flexibility index (Phi) is 5.71. The van der Waals surface area contributed by atoms with Crippen LogP contribution in [0, 0.1) is 0 Å². The van der Waals surface area contributed by atoms with E-state index in [0.29, 0.717) is 6.42 Å². The molecule has 0 atom stereocenters. The SMILES string of the molecule is CC[N+](CC)(CC)CCC(=O)OC. The van der Waals surface area contributed by atoms with E-state index >= 15 is 0 Å². The molecule has 3 heteroatoms. The van der Waals surface area contributed by atoms with Gasteiger partial charge in [0, 0.05) is 0 Å². The maximum atomic E-state index is 11.0. The Balaban J connectivity index is 4.02. The third-order valence-corrected chi connectivity index (χ3v) is 3.03. The lowest BCUT2D eigenvalue weighted by atomic mass is 10.3. The summed E-state index contributed by atoms with van der Waals surface area (Å²) in [6.07, 6.45) is 0.534. The summed E-state index contributed by atoms with van der Waals surface area (Å²) in [5.41, 5.74) is 0. The van der Waals surface area contributed by atoms with Crippen molar-refractivity contribution in [2.45, 2.75) is 27.2 Å². The largest absolute Gasteiger partial charge is 0.469 e. The van der Waals surface area contributed by atoms with Gasteiger partial charge in [0.1, 0.15) is 0 Å². The number of carbonyl (C=O) groups excluding carboxylic acids is 1. The standard InChI is InChI=1S/C10H22NO2/c1-5-11(6-2,7-3)9-8-10(12)13-4/h5-9H2,1-4H3/q+1. The fourth-order valence-electron chi connectivity index (χ4n) is 1.58. The fourth-order valence-corrected chi connectivity index (χ4v) is 1.58. The molecule has 0 aliphatic rings. The quantitative estimate of drug-likeness (QED) is 0.465. The second-order valence-electron chi connectivity index (χ2n) is 3.34. The van der Waals surface area contributed by atoms with Crippen LogP contribution < -0.4 is 0 Å². The first-order valence-corrected chi connectivity index (χ1v) is 5.06. The molecule has 0 aliphatic carbocycles. The number of ether oxygens (including phenoxy) is 1. The Bertz CT molecular complexity index is 145. The van der Waals surface area contributed by atoms with Gasteiger partial charge in [-0.3, -0.25) is 4.79 Å². The van der Waals surface area contributed by atoms with Gasteiger partial charge >= 0.3 is 5.97 Å². The van der Waals surface area contributed by atoms with Gasteiger partial charge < -0.3 is 9.22 Å². The summed E-state index contributed by atoms with van der Waals surface area (Å²) in [7, 11) is 1.45. The molecule has 0 heterocycles. The topological polar surface area (TPSA) is 26.3 Å². The van der Waals surface area contributed by atoms with Crippen LogP contribution >= 0.6 is 0 Å². The molecule has 13 heavy (non-hydrogen) atoms. The van der Waals surface area contributed by atoms with Gasteiger partial charge in [-0.15, -0.1) is 0 Å². The molecule has 0 radical (unpaired) electrons. The summed E-state index contributed by atoms with van der Waals surface area (Å²) in [4.78, 5) is 11.0. The van der Waals surface area contributed by atoms with Crippen molar-refractivity contribution in [1.29, 1.82) is 0 Å². The average Bonchev–Trinajstić information content (AvgIpc) is 2.20. The Labute approximate surface area is 81.3 Å². The summed E-state index contributed by atoms with van der Waals surface area (Å²) < 4.78 is 5.64. The summed E-state index contributed by atoms with van der Waals surface area (Å²) in [6, 6.07) is 0. The minimum Gasteiger partial charge on any atom is -0.469 e. The van der Waals surface area contributed by atoms with Crippen molar-refractivity contribution in [3.8, 4) is 0 Å².